The van der Waals surface area contributed by atoms with Gasteiger partial charge < -0.3 is 10.6 Å². The van der Waals surface area contributed by atoms with E-state index in [1.165, 1.54) is 38.8 Å². The fourth-order valence-corrected chi connectivity index (χ4v) is 2.72. The van der Waals surface area contributed by atoms with Gasteiger partial charge in [0.05, 0.1) is 0 Å². The molecule has 0 spiro atoms. The molecule has 0 aromatic heterocycles. The van der Waals surface area contributed by atoms with Gasteiger partial charge in [0, 0.05) is 12.6 Å². The topological polar surface area (TPSA) is 29.3 Å². The average molecular weight is 226 g/mol. The van der Waals surface area contributed by atoms with Gasteiger partial charge in [-0.1, -0.05) is 27.2 Å². The van der Waals surface area contributed by atoms with Crippen LogP contribution in [0.2, 0.25) is 0 Å². The molecule has 2 unspecified atom stereocenters. The van der Waals surface area contributed by atoms with E-state index in [-0.39, 0.29) is 0 Å². The molecule has 1 heterocycles. The quantitative estimate of drug-likeness (QED) is 0.706. The zero-order valence-corrected chi connectivity index (χ0v) is 11.6. The van der Waals surface area contributed by atoms with Crippen LogP contribution in [-0.2, 0) is 0 Å². The van der Waals surface area contributed by atoms with E-state index in [1.807, 2.05) is 0 Å². The molecule has 16 heavy (non-hydrogen) atoms. The lowest BCUT2D eigenvalue weighted by atomic mass is 9.87. The number of likely N-dealkylation sites (tertiary alicyclic amines) is 1. The largest absolute Gasteiger partial charge is 0.330 e. The monoisotopic (exact) mass is 226 g/mol. The SMILES string of the molecule is CC1CC(C)N(CCCCC(C)(C)CN)C1. The van der Waals surface area contributed by atoms with E-state index in [0.29, 0.717) is 5.41 Å². The van der Waals surface area contributed by atoms with Gasteiger partial charge in [-0.15, -0.1) is 0 Å². The molecule has 96 valence electrons. The van der Waals surface area contributed by atoms with Crippen LogP contribution in [-0.4, -0.2) is 30.6 Å². The van der Waals surface area contributed by atoms with Crippen LogP contribution in [0.4, 0.5) is 0 Å². The van der Waals surface area contributed by atoms with E-state index >= 15 is 0 Å². The summed E-state index contributed by atoms with van der Waals surface area (Å²) in [6, 6.07) is 0.803. The lowest BCUT2D eigenvalue weighted by Crippen LogP contribution is -2.29. The van der Waals surface area contributed by atoms with Crippen molar-refractivity contribution in [1.29, 1.82) is 0 Å². The summed E-state index contributed by atoms with van der Waals surface area (Å²) < 4.78 is 0. The minimum atomic E-state index is 0.337. The van der Waals surface area contributed by atoms with Crippen LogP contribution >= 0.6 is 0 Å². The maximum atomic E-state index is 5.74. The van der Waals surface area contributed by atoms with Crippen molar-refractivity contribution in [3.8, 4) is 0 Å². The van der Waals surface area contributed by atoms with Crippen molar-refractivity contribution in [2.45, 2.75) is 59.4 Å². The Kier molecular flexibility index (Phi) is 5.26. The molecule has 1 fully saturated rings. The molecule has 0 aliphatic carbocycles. The van der Waals surface area contributed by atoms with Crippen LogP contribution in [0.5, 0.6) is 0 Å². The summed E-state index contributed by atoms with van der Waals surface area (Å²) in [4.78, 5) is 2.65. The zero-order chi connectivity index (χ0) is 12.2. The van der Waals surface area contributed by atoms with Gasteiger partial charge in [0.25, 0.3) is 0 Å². The van der Waals surface area contributed by atoms with Crippen LogP contribution in [0, 0.1) is 11.3 Å². The molecule has 0 aromatic rings. The zero-order valence-electron chi connectivity index (χ0n) is 11.6. The minimum Gasteiger partial charge on any atom is -0.330 e. The number of unbranched alkanes of at least 4 members (excludes halogenated alkanes) is 1. The summed E-state index contributed by atoms with van der Waals surface area (Å²) in [5, 5.41) is 0. The first-order valence-corrected chi connectivity index (χ1v) is 6.89. The van der Waals surface area contributed by atoms with Crippen molar-refractivity contribution in [2.24, 2.45) is 17.1 Å². The molecule has 1 aliphatic rings. The van der Waals surface area contributed by atoms with Crippen LogP contribution in [0.3, 0.4) is 0 Å². The second-order valence-electron chi connectivity index (χ2n) is 6.51. The molecule has 2 heteroatoms. The van der Waals surface area contributed by atoms with Crippen molar-refractivity contribution < 1.29 is 0 Å². The molecular formula is C14H30N2. The Bertz CT molecular complexity index is 201. The van der Waals surface area contributed by atoms with Gasteiger partial charge in [-0.25, -0.2) is 0 Å². The molecule has 2 nitrogen and oxygen atoms in total. The summed E-state index contributed by atoms with van der Waals surface area (Å²) in [6.45, 7) is 12.7. The Balaban J connectivity index is 2.12. The highest BCUT2D eigenvalue weighted by atomic mass is 15.2. The summed E-state index contributed by atoms with van der Waals surface area (Å²) in [5.41, 5.74) is 6.08. The molecule has 0 radical (unpaired) electrons. The lowest BCUT2D eigenvalue weighted by molar-refractivity contribution is 0.248. The van der Waals surface area contributed by atoms with Crippen molar-refractivity contribution in [3.05, 3.63) is 0 Å². The lowest BCUT2D eigenvalue weighted by Gasteiger charge is -2.24. The van der Waals surface area contributed by atoms with Crippen LogP contribution < -0.4 is 5.73 Å². The first kappa shape index (κ1) is 14.0. The fraction of sp³-hybridized carbons (Fsp3) is 1.00. The third-order valence-electron chi connectivity index (χ3n) is 4.01. The summed E-state index contributed by atoms with van der Waals surface area (Å²) in [5.74, 6) is 0.899. The average Bonchev–Trinajstić information content (AvgIpc) is 2.52. The standard InChI is InChI=1S/C14H30N2/c1-12-9-13(2)16(10-12)8-6-5-7-14(3,4)11-15/h12-13H,5-11,15H2,1-4H3. The fourth-order valence-electron chi connectivity index (χ4n) is 2.72. The first-order chi connectivity index (χ1) is 7.44. The predicted octanol–water partition coefficient (Wildman–Crippen LogP) is 2.87. The molecule has 0 amide bonds. The highest BCUT2D eigenvalue weighted by Gasteiger charge is 2.25. The molecule has 2 atom stereocenters. The third-order valence-corrected chi connectivity index (χ3v) is 4.01. The molecular weight excluding hydrogens is 196 g/mol. The molecule has 0 bridgehead atoms. The molecule has 0 saturated carbocycles. The van der Waals surface area contributed by atoms with Gasteiger partial charge in [0.2, 0.25) is 0 Å². The minimum absolute atomic E-state index is 0.337. The molecule has 1 saturated heterocycles. The Morgan fingerprint density at radius 2 is 1.94 bits per heavy atom. The molecule has 0 aromatic carbocycles. The Morgan fingerprint density at radius 3 is 2.44 bits per heavy atom. The highest BCUT2D eigenvalue weighted by Crippen LogP contribution is 2.24. The summed E-state index contributed by atoms with van der Waals surface area (Å²) >= 11 is 0. The van der Waals surface area contributed by atoms with Gasteiger partial charge in [-0.05, 0) is 50.6 Å². The van der Waals surface area contributed by atoms with E-state index < -0.39 is 0 Å². The number of rotatable bonds is 6. The normalized spacial score (nSPS) is 27.6. The van der Waals surface area contributed by atoms with E-state index in [4.69, 9.17) is 5.73 Å². The smallest absolute Gasteiger partial charge is 0.00700 e. The van der Waals surface area contributed by atoms with Gasteiger partial charge >= 0.3 is 0 Å². The summed E-state index contributed by atoms with van der Waals surface area (Å²) in [7, 11) is 0. The Morgan fingerprint density at radius 1 is 1.25 bits per heavy atom. The van der Waals surface area contributed by atoms with E-state index in [0.717, 1.165) is 18.5 Å². The van der Waals surface area contributed by atoms with Gasteiger partial charge in [0.1, 0.15) is 0 Å². The van der Waals surface area contributed by atoms with Crippen LogP contribution in [0.15, 0.2) is 0 Å². The second-order valence-corrected chi connectivity index (χ2v) is 6.51. The summed E-state index contributed by atoms with van der Waals surface area (Å²) in [6.07, 6.45) is 5.30. The predicted molar refractivity (Wildman–Crippen MR) is 71.5 cm³/mol. The Hall–Kier alpha value is -0.0800. The number of hydrogen-bond donors (Lipinski definition) is 1. The van der Waals surface area contributed by atoms with Crippen LogP contribution in [0.1, 0.15) is 53.4 Å². The van der Waals surface area contributed by atoms with E-state index in [2.05, 4.69) is 32.6 Å². The van der Waals surface area contributed by atoms with Crippen molar-refractivity contribution in [1.82, 2.24) is 4.90 Å². The number of nitrogens with zero attached hydrogens (tertiary/aromatic N) is 1. The maximum Gasteiger partial charge on any atom is 0.00700 e. The van der Waals surface area contributed by atoms with E-state index in [1.54, 1.807) is 0 Å². The van der Waals surface area contributed by atoms with Gasteiger partial charge in [-0.3, -0.25) is 0 Å². The molecule has 1 rings (SSSR count). The third kappa shape index (κ3) is 4.42. The van der Waals surface area contributed by atoms with Crippen molar-refractivity contribution in [3.63, 3.8) is 0 Å². The van der Waals surface area contributed by atoms with Crippen molar-refractivity contribution >= 4 is 0 Å². The van der Waals surface area contributed by atoms with Gasteiger partial charge in [-0.2, -0.15) is 0 Å². The van der Waals surface area contributed by atoms with E-state index in [9.17, 15) is 0 Å². The van der Waals surface area contributed by atoms with Gasteiger partial charge in [0.15, 0.2) is 0 Å². The molecule has 1 aliphatic heterocycles. The molecule has 2 N–H and O–H groups in total. The Labute approximate surface area is 102 Å². The highest BCUT2D eigenvalue weighted by molar-refractivity contribution is 4.80. The van der Waals surface area contributed by atoms with Crippen LogP contribution in [0.25, 0.3) is 0 Å². The number of hydrogen-bond acceptors (Lipinski definition) is 2. The number of nitrogens with two attached hydrogens (primary N) is 1. The first-order valence-electron chi connectivity index (χ1n) is 6.89. The van der Waals surface area contributed by atoms with Crippen molar-refractivity contribution in [2.75, 3.05) is 19.6 Å². The maximum absolute atomic E-state index is 5.74. The second kappa shape index (κ2) is 6.02.